The molecule has 3 rings (SSSR count). The average Bonchev–Trinajstić information content (AvgIpc) is 2.55. The van der Waals surface area contributed by atoms with E-state index < -0.39 is 17.6 Å². The van der Waals surface area contributed by atoms with Gasteiger partial charge in [-0.25, -0.2) is 0 Å². The van der Waals surface area contributed by atoms with Crippen LogP contribution in [0.4, 0.5) is 5.69 Å². The molecule has 6 heteroatoms. The van der Waals surface area contributed by atoms with Crippen LogP contribution in [-0.2, 0) is 4.79 Å². The number of hydrogen-bond donors (Lipinski definition) is 3. The Labute approximate surface area is 153 Å². The molecule has 1 heterocycles. The van der Waals surface area contributed by atoms with Crippen LogP contribution < -0.4 is 15.8 Å². The monoisotopic (exact) mass is 362 g/mol. The van der Waals surface area contributed by atoms with Crippen molar-refractivity contribution in [2.45, 2.75) is 38.0 Å². The summed E-state index contributed by atoms with van der Waals surface area (Å²) < 4.78 is 5.96. The Balaban J connectivity index is 0.00000225. The fourth-order valence-corrected chi connectivity index (χ4v) is 3.04. The Kier molecular flexibility index (Phi) is 5.60. The number of aliphatic hydroxyl groups excluding tert-OH is 1. The number of aliphatic hydroxyl groups is 1. The van der Waals surface area contributed by atoms with Gasteiger partial charge in [0.05, 0.1) is 6.04 Å². The van der Waals surface area contributed by atoms with Gasteiger partial charge in [0.2, 0.25) is 0 Å². The van der Waals surface area contributed by atoms with Crippen LogP contribution >= 0.6 is 12.4 Å². The van der Waals surface area contributed by atoms with Crippen molar-refractivity contribution in [3.63, 3.8) is 0 Å². The van der Waals surface area contributed by atoms with Gasteiger partial charge in [0.25, 0.3) is 5.91 Å². The summed E-state index contributed by atoms with van der Waals surface area (Å²) in [5.41, 5.74) is 7.47. The molecule has 4 N–H and O–H groups in total. The molecule has 2 aromatic rings. The van der Waals surface area contributed by atoms with Crippen LogP contribution in [0, 0.1) is 0 Å². The normalized spacial score (nSPS) is 18.9. The highest BCUT2D eigenvalue weighted by molar-refractivity contribution is 5.85. The summed E-state index contributed by atoms with van der Waals surface area (Å²) in [4.78, 5) is 12.5. The van der Waals surface area contributed by atoms with E-state index in [-0.39, 0.29) is 18.4 Å². The predicted octanol–water partition coefficient (Wildman–Crippen LogP) is 3.14. The number of rotatable bonds is 3. The molecule has 1 aliphatic rings. The van der Waals surface area contributed by atoms with Gasteiger partial charge in [0, 0.05) is 17.7 Å². The number of nitrogens with two attached hydrogens (primary N) is 1. The first kappa shape index (κ1) is 19.1. The highest BCUT2D eigenvalue weighted by Gasteiger charge is 2.35. The zero-order valence-electron chi connectivity index (χ0n) is 14.2. The standard InChI is InChI=1S/C19H22N2O3.ClH/c1-19(2)11-15(14-10-13(20)8-9-16(14)24-19)21-18(23)17(22)12-6-4-3-5-7-12;/h3-10,15,17,22H,11,20H2,1-2H3,(H,21,23);1H. The van der Waals surface area contributed by atoms with Gasteiger partial charge in [0.15, 0.2) is 6.10 Å². The molecule has 1 amide bonds. The van der Waals surface area contributed by atoms with Gasteiger partial charge in [-0.2, -0.15) is 0 Å². The van der Waals surface area contributed by atoms with Gasteiger partial charge in [0.1, 0.15) is 11.4 Å². The number of amides is 1. The minimum absolute atomic E-state index is 0. The maximum absolute atomic E-state index is 12.5. The molecule has 0 fully saturated rings. The molecule has 2 atom stereocenters. The lowest BCUT2D eigenvalue weighted by Gasteiger charge is -2.38. The maximum Gasteiger partial charge on any atom is 0.253 e. The first-order valence-corrected chi connectivity index (χ1v) is 7.97. The van der Waals surface area contributed by atoms with Gasteiger partial charge in [-0.05, 0) is 37.6 Å². The summed E-state index contributed by atoms with van der Waals surface area (Å²) in [6, 6.07) is 14.0. The van der Waals surface area contributed by atoms with Crippen LogP contribution in [0.5, 0.6) is 5.75 Å². The first-order chi connectivity index (χ1) is 11.4. The summed E-state index contributed by atoms with van der Waals surface area (Å²) in [6.45, 7) is 3.94. The molecule has 1 aliphatic heterocycles. The number of anilines is 1. The van der Waals surface area contributed by atoms with Crippen LogP contribution in [-0.4, -0.2) is 16.6 Å². The molecule has 0 bridgehead atoms. The number of benzene rings is 2. The second-order valence-corrected chi connectivity index (χ2v) is 6.74. The molecule has 0 spiro atoms. The van der Waals surface area contributed by atoms with Crippen molar-refractivity contribution in [1.82, 2.24) is 5.32 Å². The van der Waals surface area contributed by atoms with E-state index in [9.17, 15) is 9.90 Å². The van der Waals surface area contributed by atoms with E-state index in [2.05, 4.69) is 5.32 Å². The van der Waals surface area contributed by atoms with Crippen LogP contribution in [0.2, 0.25) is 0 Å². The van der Waals surface area contributed by atoms with Crippen molar-refractivity contribution in [1.29, 1.82) is 0 Å². The summed E-state index contributed by atoms with van der Waals surface area (Å²) in [5, 5.41) is 13.2. The van der Waals surface area contributed by atoms with E-state index in [4.69, 9.17) is 10.5 Å². The maximum atomic E-state index is 12.5. The molecule has 0 aliphatic carbocycles. The van der Waals surface area contributed by atoms with Gasteiger partial charge >= 0.3 is 0 Å². The quantitative estimate of drug-likeness (QED) is 0.732. The highest BCUT2D eigenvalue weighted by atomic mass is 35.5. The Morgan fingerprint density at radius 2 is 1.96 bits per heavy atom. The van der Waals surface area contributed by atoms with Crippen molar-refractivity contribution < 1.29 is 14.6 Å². The third-order valence-electron chi connectivity index (χ3n) is 4.17. The van der Waals surface area contributed by atoms with Crippen LogP contribution in [0.15, 0.2) is 48.5 Å². The molecule has 0 radical (unpaired) electrons. The lowest BCUT2D eigenvalue weighted by atomic mass is 9.89. The van der Waals surface area contributed by atoms with Crippen molar-refractivity contribution >= 4 is 24.0 Å². The van der Waals surface area contributed by atoms with Gasteiger partial charge in [-0.1, -0.05) is 30.3 Å². The molecule has 25 heavy (non-hydrogen) atoms. The number of halogens is 1. The lowest BCUT2D eigenvalue weighted by Crippen LogP contribution is -2.42. The van der Waals surface area contributed by atoms with Crippen molar-refractivity contribution in [2.24, 2.45) is 0 Å². The third-order valence-corrected chi connectivity index (χ3v) is 4.17. The van der Waals surface area contributed by atoms with Crippen LogP contribution in [0.25, 0.3) is 0 Å². The van der Waals surface area contributed by atoms with Crippen LogP contribution in [0.3, 0.4) is 0 Å². The largest absolute Gasteiger partial charge is 0.487 e. The molecule has 0 saturated carbocycles. The SMILES string of the molecule is CC1(C)CC(NC(=O)C(O)c2ccccc2)c2cc(N)ccc2O1.Cl. The number of carbonyl (C=O) groups is 1. The Hall–Kier alpha value is -2.24. The fraction of sp³-hybridized carbons (Fsp3) is 0.316. The lowest BCUT2D eigenvalue weighted by molar-refractivity contribution is -0.131. The minimum Gasteiger partial charge on any atom is -0.487 e. The zero-order valence-corrected chi connectivity index (χ0v) is 15.0. The number of carbonyl (C=O) groups excluding carboxylic acids is 1. The van der Waals surface area contributed by atoms with Crippen molar-refractivity contribution in [3.8, 4) is 5.75 Å². The number of nitrogens with one attached hydrogen (secondary N) is 1. The Morgan fingerprint density at radius 1 is 1.28 bits per heavy atom. The molecule has 5 nitrogen and oxygen atoms in total. The third kappa shape index (κ3) is 4.24. The summed E-state index contributed by atoms with van der Waals surface area (Å²) >= 11 is 0. The van der Waals surface area contributed by atoms with Crippen LogP contribution in [0.1, 0.15) is 43.5 Å². The summed E-state index contributed by atoms with van der Waals surface area (Å²) in [6.07, 6.45) is -0.613. The second-order valence-electron chi connectivity index (χ2n) is 6.74. The number of hydrogen-bond acceptors (Lipinski definition) is 4. The number of ether oxygens (including phenoxy) is 1. The van der Waals surface area contributed by atoms with Crippen molar-refractivity contribution in [2.75, 3.05) is 5.73 Å². The van der Waals surface area contributed by atoms with Gasteiger partial charge < -0.3 is 20.9 Å². The first-order valence-electron chi connectivity index (χ1n) is 7.97. The molecule has 2 unspecified atom stereocenters. The van der Waals surface area contributed by atoms with E-state index >= 15 is 0 Å². The molecule has 0 saturated heterocycles. The van der Waals surface area contributed by atoms with E-state index in [1.54, 1.807) is 30.3 Å². The summed E-state index contributed by atoms with van der Waals surface area (Å²) in [5.74, 6) is 0.275. The Morgan fingerprint density at radius 3 is 2.64 bits per heavy atom. The fourth-order valence-electron chi connectivity index (χ4n) is 3.04. The average molecular weight is 363 g/mol. The molecule has 134 valence electrons. The van der Waals surface area contributed by atoms with E-state index in [0.717, 1.165) is 5.56 Å². The second kappa shape index (κ2) is 7.33. The molecular weight excluding hydrogens is 340 g/mol. The molecule has 0 aromatic heterocycles. The molecule has 2 aromatic carbocycles. The van der Waals surface area contributed by atoms with E-state index in [0.29, 0.717) is 23.4 Å². The Bertz CT molecular complexity index is 750. The smallest absolute Gasteiger partial charge is 0.253 e. The minimum atomic E-state index is -1.21. The molecular formula is C19H23ClN2O3. The zero-order chi connectivity index (χ0) is 17.3. The topological polar surface area (TPSA) is 84.6 Å². The van der Waals surface area contributed by atoms with E-state index in [1.807, 2.05) is 32.0 Å². The highest BCUT2D eigenvalue weighted by Crippen LogP contribution is 2.40. The van der Waals surface area contributed by atoms with Crippen molar-refractivity contribution in [3.05, 3.63) is 59.7 Å². The van der Waals surface area contributed by atoms with Gasteiger partial charge in [-0.3, -0.25) is 4.79 Å². The van der Waals surface area contributed by atoms with Gasteiger partial charge in [-0.15, -0.1) is 12.4 Å². The predicted molar refractivity (Wildman–Crippen MR) is 99.7 cm³/mol. The number of nitrogen functional groups attached to an aromatic ring is 1. The summed E-state index contributed by atoms with van der Waals surface area (Å²) in [7, 11) is 0. The number of fused-ring (bicyclic) bond motifs is 1. The van der Waals surface area contributed by atoms with E-state index in [1.165, 1.54) is 0 Å².